The number of aliphatic hydroxyl groups is 2. The second-order valence-electron chi connectivity index (χ2n) is 6.15. The van der Waals surface area contributed by atoms with E-state index in [0.29, 0.717) is 25.3 Å². The third-order valence-corrected chi connectivity index (χ3v) is 4.52. The molecule has 124 valence electrons. The van der Waals surface area contributed by atoms with Gasteiger partial charge in [0.15, 0.2) is 0 Å². The van der Waals surface area contributed by atoms with Gasteiger partial charge in [-0.2, -0.15) is 0 Å². The SMILES string of the molecule is CCC[C@@]1(CO)CN(CCOc2ccc(F)cc2)CC[C@@H]1O. The van der Waals surface area contributed by atoms with Crippen LogP contribution in [0.4, 0.5) is 4.39 Å². The van der Waals surface area contributed by atoms with Crippen LogP contribution in [0.25, 0.3) is 0 Å². The summed E-state index contributed by atoms with van der Waals surface area (Å²) in [5.41, 5.74) is -0.414. The zero-order valence-electron chi connectivity index (χ0n) is 13.2. The first kappa shape index (κ1) is 17.2. The van der Waals surface area contributed by atoms with E-state index in [9.17, 15) is 14.6 Å². The van der Waals surface area contributed by atoms with Gasteiger partial charge < -0.3 is 14.9 Å². The van der Waals surface area contributed by atoms with Crippen LogP contribution in [0.1, 0.15) is 26.2 Å². The highest BCUT2D eigenvalue weighted by molar-refractivity contribution is 5.21. The fraction of sp³-hybridized carbons (Fsp3) is 0.647. The van der Waals surface area contributed by atoms with Crippen LogP contribution in [-0.2, 0) is 0 Å². The molecule has 1 saturated heterocycles. The fourth-order valence-electron chi connectivity index (χ4n) is 3.23. The largest absolute Gasteiger partial charge is 0.492 e. The Labute approximate surface area is 131 Å². The first-order valence-corrected chi connectivity index (χ1v) is 7.99. The number of nitrogens with zero attached hydrogens (tertiary/aromatic N) is 1. The van der Waals surface area contributed by atoms with Crippen molar-refractivity contribution in [1.29, 1.82) is 0 Å². The van der Waals surface area contributed by atoms with Crippen molar-refractivity contribution >= 4 is 0 Å². The minimum atomic E-state index is -0.438. The van der Waals surface area contributed by atoms with Gasteiger partial charge in [-0.1, -0.05) is 13.3 Å². The molecule has 22 heavy (non-hydrogen) atoms. The van der Waals surface area contributed by atoms with Gasteiger partial charge in [0.05, 0.1) is 12.7 Å². The molecule has 0 unspecified atom stereocenters. The van der Waals surface area contributed by atoms with Crippen molar-refractivity contribution in [3.63, 3.8) is 0 Å². The maximum absolute atomic E-state index is 12.8. The Kier molecular flexibility index (Phi) is 6.17. The van der Waals surface area contributed by atoms with Gasteiger partial charge in [0, 0.05) is 25.0 Å². The summed E-state index contributed by atoms with van der Waals surface area (Å²) < 4.78 is 18.4. The van der Waals surface area contributed by atoms with Crippen molar-refractivity contribution in [2.75, 3.05) is 32.8 Å². The third kappa shape index (κ3) is 4.18. The second kappa shape index (κ2) is 7.90. The van der Waals surface area contributed by atoms with Crippen LogP contribution in [-0.4, -0.2) is 54.1 Å². The number of rotatable bonds is 7. The van der Waals surface area contributed by atoms with Crippen molar-refractivity contribution in [2.24, 2.45) is 5.41 Å². The Balaban J connectivity index is 1.84. The maximum Gasteiger partial charge on any atom is 0.123 e. The topological polar surface area (TPSA) is 52.9 Å². The van der Waals surface area contributed by atoms with Crippen LogP contribution in [0.15, 0.2) is 24.3 Å². The predicted molar refractivity (Wildman–Crippen MR) is 83.4 cm³/mol. The normalized spacial score (nSPS) is 26.1. The molecule has 0 bridgehead atoms. The molecule has 0 aliphatic carbocycles. The van der Waals surface area contributed by atoms with Crippen LogP contribution in [0.3, 0.4) is 0 Å². The summed E-state index contributed by atoms with van der Waals surface area (Å²) in [6.07, 6.45) is 2.00. The minimum Gasteiger partial charge on any atom is -0.492 e. The number of aliphatic hydroxyl groups excluding tert-OH is 2. The molecule has 4 nitrogen and oxygen atoms in total. The summed E-state index contributed by atoms with van der Waals surface area (Å²) in [5.74, 6) is 0.380. The molecular weight excluding hydrogens is 285 g/mol. The summed E-state index contributed by atoms with van der Waals surface area (Å²) in [7, 11) is 0. The van der Waals surface area contributed by atoms with Crippen LogP contribution in [0, 0.1) is 11.2 Å². The second-order valence-corrected chi connectivity index (χ2v) is 6.15. The molecule has 1 aliphatic heterocycles. The lowest BCUT2D eigenvalue weighted by molar-refractivity contribution is -0.0814. The summed E-state index contributed by atoms with van der Waals surface area (Å²) in [5, 5.41) is 20.0. The zero-order valence-corrected chi connectivity index (χ0v) is 13.2. The van der Waals surface area contributed by atoms with E-state index in [1.807, 2.05) is 0 Å². The molecule has 1 aliphatic rings. The number of ether oxygens (including phenoxy) is 1. The Morgan fingerprint density at radius 2 is 2.09 bits per heavy atom. The smallest absolute Gasteiger partial charge is 0.123 e. The van der Waals surface area contributed by atoms with Crippen LogP contribution in [0.5, 0.6) is 5.75 Å². The van der Waals surface area contributed by atoms with E-state index in [0.717, 1.165) is 25.9 Å². The van der Waals surface area contributed by atoms with Gasteiger partial charge in [0.1, 0.15) is 18.2 Å². The van der Waals surface area contributed by atoms with Crippen molar-refractivity contribution in [2.45, 2.75) is 32.3 Å². The van der Waals surface area contributed by atoms with Crippen LogP contribution in [0.2, 0.25) is 0 Å². The molecule has 1 heterocycles. The van der Waals surface area contributed by atoms with Gasteiger partial charge in [-0.25, -0.2) is 4.39 Å². The lowest BCUT2D eigenvalue weighted by Crippen LogP contribution is -2.54. The van der Waals surface area contributed by atoms with Crippen molar-refractivity contribution in [1.82, 2.24) is 4.90 Å². The number of hydrogen-bond donors (Lipinski definition) is 2. The predicted octanol–water partition coefficient (Wildman–Crippen LogP) is 2.05. The highest BCUT2D eigenvalue weighted by Crippen LogP contribution is 2.34. The van der Waals surface area contributed by atoms with Gasteiger partial charge in [-0.3, -0.25) is 4.90 Å². The molecule has 1 aromatic rings. The maximum atomic E-state index is 12.8. The van der Waals surface area contributed by atoms with Crippen LogP contribution < -0.4 is 4.74 Å². The van der Waals surface area contributed by atoms with E-state index >= 15 is 0 Å². The number of likely N-dealkylation sites (tertiary alicyclic amines) is 1. The number of hydrogen-bond acceptors (Lipinski definition) is 4. The van der Waals surface area contributed by atoms with Crippen molar-refractivity contribution in [3.05, 3.63) is 30.1 Å². The van der Waals surface area contributed by atoms with Gasteiger partial charge in [-0.05, 0) is 37.1 Å². The van der Waals surface area contributed by atoms with E-state index in [-0.39, 0.29) is 12.4 Å². The standard InChI is InChI=1S/C17H26FNO3/c1-2-8-17(13-20)12-19(9-7-16(17)21)10-11-22-15-5-3-14(18)4-6-15/h3-6,16,20-21H,2,7-13H2,1H3/t16-,17-/m0/s1. The molecule has 1 aromatic carbocycles. The lowest BCUT2D eigenvalue weighted by atomic mass is 9.74. The Morgan fingerprint density at radius 1 is 1.36 bits per heavy atom. The Bertz CT molecular complexity index is 454. The molecule has 0 saturated carbocycles. The summed E-state index contributed by atoms with van der Waals surface area (Å²) in [6.45, 7) is 4.81. The molecule has 0 spiro atoms. The average molecular weight is 311 g/mol. The van der Waals surface area contributed by atoms with Gasteiger partial charge >= 0.3 is 0 Å². The summed E-state index contributed by atoms with van der Waals surface area (Å²) in [6, 6.07) is 5.99. The first-order valence-electron chi connectivity index (χ1n) is 7.99. The minimum absolute atomic E-state index is 0.0112. The molecule has 2 rings (SSSR count). The number of benzene rings is 1. The number of halogens is 1. The monoisotopic (exact) mass is 311 g/mol. The Morgan fingerprint density at radius 3 is 2.73 bits per heavy atom. The molecule has 2 N–H and O–H groups in total. The molecular formula is C17H26FNO3. The van der Waals surface area contributed by atoms with Gasteiger partial charge in [-0.15, -0.1) is 0 Å². The Hall–Kier alpha value is -1.17. The number of piperidine rings is 1. The fourth-order valence-corrected chi connectivity index (χ4v) is 3.23. The van der Waals surface area contributed by atoms with E-state index in [4.69, 9.17) is 4.74 Å². The molecule has 0 radical (unpaired) electrons. The average Bonchev–Trinajstić information content (AvgIpc) is 2.52. The quantitative estimate of drug-likeness (QED) is 0.809. The van der Waals surface area contributed by atoms with Crippen molar-refractivity contribution < 1.29 is 19.3 Å². The molecule has 2 atom stereocenters. The first-order chi connectivity index (χ1) is 10.6. The van der Waals surface area contributed by atoms with E-state index in [2.05, 4.69) is 11.8 Å². The van der Waals surface area contributed by atoms with Crippen molar-refractivity contribution in [3.8, 4) is 5.75 Å². The van der Waals surface area contributed by atoms with Gasteiger partial charge in [0.2, 0.25) is 0 Å². The van der Waals surface area contributed by atoms with Gasteiger partial charge in [0.25, 0.3) is 0 Å². The molecule has 0 aromatic heterocycles. The zero-order chi connectivity index (χ0) is 16.0. The highest BCUT2D eigenvalue weighted by atomic mass is 19.1. The molecule has 0 amide bonds. The van der Waals surface area contributed by atoms with Crippen LogP contribution >= 0.6 is 0 Å². The summed E-state index contributed by atoms with van der Waals surface area (Å²) >= 11 is 0. The third-order valence-electron chi connectivity index (χ3n) is 4.52. The van der Waals surface area contributed by atoms with E-state index in [1.54, 1.807) is 12.1 Å². The molecule has 1 fully saturated rings. The lowest BCUT2D eigenvalue weighted by Gasteiger charge is -2.45. The van der Waals surface area contributed by atoms with E-state index in [1.165, 1.54) is 12.1 Å². The summed E-state index contributed by atoms with van der Waals surface area (Å²) in [4.78, 5) is 2.22. The van der Waals surface area contributed by atoms with E-state index < -0.39 is 11.5 Å². The highest BCUT2D eigenvalue weighted by Gasteiger charge is 2.41. The molecule has 5 heteroatoms.